The van der Waals surface area contributed by atoms with Crippen molar-refractivity contribution in [1.29, 1.82) is 0 Å². The van der Waals surface area contributed by atoms with Gasteiger partial charge in [-0.3, -0.25) is 0 Å². The van der Waals surface area contributed by atoms with Crippen LogP contribution in [-0.4, -0.2) is 12.1 Å². The second kappa shape index (κ2) is 8.03. The molecule has 4 rings (SSSR count). The number of fused-ring (bicyclic) bond motifs is 1. The number of hydrogen-bond donors (Lipinski definition) is 1. The van der Waals surface area contributed by atoms with Crippen LogP contribution in [0.4, 0.5) is 4.39 Å². The molecule has 0 spiro atoms. The molecule has 0 amide bonds. The van der Waals surface area contributed by atoms with Crippen LogP contribution in [0, 0.1) is 5.82 Å². The van der Waals surface area contributed by atoms with Gasteiger partial charge in [-0.1, -0.05) is 38.1 Å². The quantitative estimate of drug-likeness (QED) is 0.582. The molecule has 1 N–H and O–H groups in total. The van der Waals surface area contributed by atoms with Gasteiger partial charge in [-0.25, -0.2) is 4.39 Å². The van der Waals surface area contributed by atoms with Gasteiger partial charge in [0.25, 0.3) is 0 Å². The molecule has 0 radical (unpaired) electrons. The molecule has 1 atom stereocenters. The molecular formula is C24H24FNO2. The maximum atomic E-state index is 13.1. The third-order valence-electron chi connectivity index (χ3n) is 4.83. The molecule has 0 aromatic heterocycles. The number of ether oxygens (including phenoxy) is 2. The number of halogens is 1. The van der Waals surface area contributed by atoms with Gasteiger partial charge < -0.3 is 14.8 Å². The normalized spacial score (nSPS) is 15.5. The van der Waals surface area contributed by atoms with Crippen molar-refractivity contribution in [3.05, 3.63) is 83.7 Å². The largest absolute Gasteiger partial charge is 0.453 e. The van der Waals surface area contributed by atoms with Gasteiger partial charge in [0.15, 0.2) is 11.5 Å². The number of para-hydroxylation sites is 2. The van der Waals surface area contributed by atoms with Crippen LogP contribution >= 0.6 is 0 Å². The maximum Gasteiger partial charge on any atom is 0.169 e. The van der Waals surface area contributed by atoms with Crippen LogP contribution in [0.15, 0.2) is 66.7 Å². The predicted molar refractivity (Wildman–Crippen MR) is 109 cm³/mol. The van der Waals surface area contributed by atoms with E-state index in [1.54, 1.807) is 12.1 Å². The summed E-state index contributed by atoms with van der Waals surface area (Å²) in [5, 5.41) is 3.62. The van der Waals surface area contributed by atoms with Crippen molar-refractivity contribution >= 4 is 0 Å². The molecule has 28 heavy (non-hydrogen) atoms. The number of rotatable bonds is 6. The summed E-state index contributed by atoms with van der Waals surface area (Å²) in [7, 11) is 0. The minimum atomic E-state index is -0.290. The van der Waals surface area contributed by atoms with Crippen molar-refractivity contribution in [3.8, 4) is 23.0 Å². The first-order valence-corrected chi connectivity index (χ1v) is 9.65. The van der Waals surface area contributed by atoms with Gasteiger partial charge in [0, 0.05) is 12.1 Å². The molecular weight excluding hydrogens is 353 g/mol. The lowest BCUT2D eigenvalue weighted by atomic mass is 10.1. The maximum absolute atomic E-state index is 13.1. The van der Waals surface area contributed by atoms with Crippen LogP contribution in [0.1, 0.15) is 25.0 Å². The molecule has 0 heterocycles. The van der Waals surface area contributed by atoms with E-state index in [0.717, 1.165) is 18.6 Å². The molecule has 1 aliphatic carbocycles. The second-order valence-corrected chi connectivity index (χ2v) is 7.43. The van der Waals surface area contributed by atoms with Crippen LogP contribution < -0.4 is 14.8 Å². The number of nitrogens with one attached hydrogen (secondary N) is 1. The zero-order valence-electron chi connectivity index (χ0n) is 16.1. The van der Waals surface area contributed by atoms with E-state index in [2.05, 4.69) is 25.2 Å². The van der Waals surface area contributed by atoms with Gasteiger partial charge in [0.05, 0.1) is 0 Å². The smallest absolute Gasteiger partial charge is 0.169 e. The molecule has 3 aromatic rings. The van der Waals surface area contributed by atoms with Gasteiger partial charge in [-0.15, -0.1) is 0 Å². The molecule has 0 saturated carbocycles. The van der Waals surface area contributed by atoms with Crippen molar-refractivity contribution < 1.29 is 13.9 Å². The highest BCUT2D eigenvalue weighted by molar-refractivity contribution is 5.50. The summed E-state index contributed by atoms with van der Waals surface area (Å²) in [6.45, 7) is 4.34. The van der Waals surface area contributed by atoms with Crippen molar-refractivity contribution in [3.63, 3.8) is 0 Å². The Labute approximate surface area is 165 Å². The van der Waals surface area contributed by atoms with Crippen LogP contribution in [-0.2, 0) is 12.8 Å². The molecule has 3 nitrogen and oxygen atoms in total. The van der Waals surface area contributed by atoms with Crippen LogP contribution in [0.5, 0.6) is 23.0 Å². The first-order valence-electron chi connectivity index (χ1n) is 9.65. The summed E-state index contributed by atoms with van der Waals surface area (Å²) in [6, 6.07) is 20.6. The highest BCUT2D eigenvalue weighted by Crippen LogP contribution is 2.38. The van der Waals surface area contributed by atoms with E-state index in [4.69, 9.17) is 9.47 Å². The lowest BCUT2D eigenvalue weighted by Crippen LogP contribution is -2.35. The molecule has 0 bridgehead atoms. The van der Waals surface area contributed by atoms with E-state index in [9.17, 15) is 4.39 Å². The molecule has 1 aliphatic rings. The zero-order valence-corrected chi connectivity index (χ0v) is 16.1. The first-order chi connectivity index (χ1) is 13.6. The Morgan fingerprint density at radius 1 is 0.821 bits per heavy atom. The summed E-state index contributed by atoms with van der Waals surface area (Å²) < 4.78 is 25.3. The summed E-state index contributed by atoms with van der Waals surface area (Å²) in [5.74, 6) is 2.38. The summed E-state index contributed by atoms with van der Waals surface area (Å²) in [5.41, 5.74) is 2.57. The van der Waals surface area contributed by atoms with Crippen LogP contribution in [0.2, 0.25) is 0 Å². The summed E-state index contributed by atoms with van der Waals surface area (Å²) >= 11 is 0. The van der Waals surface area contributed by atoms with E-state index >= 15 is 0 Å². The van der Waals surface area contributed by atoms with E-state index in [0.29, 0.717) is 29.3 Å². The Morgan fingerprint density at radius 2 is 1.50 bits per heavy atom. The highest BCUT2D eigenvalue weighted by Gasteiger charge is 2.25. The standard InChI is InChI=1S/C24H24FNO2/c1-16(2)26-19-14-17-6-5-9-22(21(17)15-19)28-24-8-4-3-7-23(24)27-20-12-10-18(25)11-13-20/h3-13,16,19,26H,14-15H2,1-2H3. The van der Waals surface area contributed by atoms with E-state index in [1.165, 1.54) is 23.3 Å². The minimum Gasteiger partial charge on any atom is -0.453 e. The molecule has 144 valence electrons. The monoisotopic (exact) mass is 377 g/mol. The Balaban J connectivity index is 1.57. The molecule has 1 unspecified atom stereocenters. The predicted octanol–water partition coefficient (Wildman–Crippen LogP) is 5.88. The second-order valence-electron chi connectivity index (χ2n) is 7.43. The average molecular weight is 377 g/mol. The molecule has 0 aliphatic heterocycles. The summed E-state index contributed by atoms with van der Waals surface area (Å²) in [6.07, 6.45) is 1.96. The van der Waals surface area contributed by atoms with E-state index in [-0.39, 0.29) is 5.82 Å². The van der Waals surface area contributed by atoms with Crippen molar-refractivity contribution in [2.24, 2.45) is 0 Å². The third-order valence-corrected chi connectivity index (χ3v) is 4.83. The molecule has 0 saturated heterocycles. The Kier molecular flexibility index (Phi) is 5.31. The van der Waals surface area contributed by atoms with Gasteiger partial charge >= 0.3 is 0 Å². The number of benzene rings is 3. The number of hydrogen-bond acceptors (Lipinski definition) is 3. The fraction of sp³-hybridized carbons (Fsp3) is 0.250. The van der Waals surface area contributed by atoms with E-state index in [1.807, 2.05) is 36.4 Å². The van der Waals surface area contributed by atoms with Crippen LogP contribution in [0.25, 0.3) is 0 Å². The molecule has 0 fully saturated rings. The first kappa shape index (κ1) is 18.5. The van der Waals surface area contributed by atoms with Gasteiger partial charge in [-0.2, -0.15) is 0 Å². The lowest BCUT2D eigenvalue weighted by molar-refractivity contribution is 0.414. The van der Waals surface area contributed by atoms with Gasteiger partial charge in [-0.05, 0) is 66.4 Å². The fourth-order valence-corrected chi connectivity index (χ4v) is 3.67. The van der Waals surface area contributed by atoms with Gasteiger partial charge in [0.2, 0.25) is 0 Å². The van der Waals surface area contributed by atoms with Gasteiger partial charge in [0.1, 0.15) is 17.3 Å². The topological polar surface area (TPSA) is 30.5 Å². The van der Waals surface area contributed by atoms with Crippen LogP contribution in [0.3, 0.4) is 0 Å². The van der Waals surface area contributed by atoms with Crippen molar-refractivity contribution in [2.75, 3.05) is 0 Å². The molecule has 3 aromatic carbocycles. The Morgan fingerprint density at radius 3 is 2.21 bits per heavy atom. The Hall–Kier alpha value is -2.85. The average Bonchev–Trinajstić information content (AvgIpc) is 3.08. The Bertz CT molecular complexity index is 953. The third kappa shape index (κ3) is 4.18. The minimum absolute atomic E-state index is 0.290. The SMILES string of the molecule is CC(C)NC1Cc2cccc(Oc3ccccc3Oc3ccc(F)cc3)c2C1. The lowest BCUT2D eigenvalue weighted by Gasteiger charge is -2.16. The molecule has 4 heteroatoms. The fourth-order valence-electron chi connectivity index (χ4n) is 3.67. The zero-order chi connectivity index (χ0) is 19.5. The highest BCUT2D eigenvalue weighted by atomic mass is 19.1. The van der Waals surface area contributed by atoms with Crippen molar-refractivity contribution in [2.45, 2.75) is 38.8 Å². The van der Waals surface area contributed by atoms with E-state index < -0.39 is 0 Å². The summed E-state index contributed by atoms with van der Waals surface area (Å²) in [4.78, 5) is 0. The van der Waals surface area contributed by atoms with Crippen molar-refractivity contribution in [1.82, 2.24) is 5.32 Å².